The summed E-state index contributed by atoms with van der Waals surface area (Å²) in [4.78, 5) is 24.3. The molecule has 2 amide bonds. The van der Waals surface area contributed by atoms with Crippen molar-refractivity contribution in [3.63, 3.8) is 0 Å². The number of amides is 2. The number of thiophene rings is 1. The van der Waals surface area contributed by atoms with Gasteiger partial charge in [-0.05, 0) is 41.5 Å². The molecule has 0 aliphatic carbocycles. The molecule has 140 valence electrons. The number of nitrogens with one attached hydrogen (secondary N) is 2. The van der Waals surface area contributed by atoms with Gasteiger partial charge in [-0.3, -0.25) is 0 Å². The van der Waals surface area contributed by atoms with Gasteiger partial charge < -0.3 is 15.5 Å². The number of carbonyl (C=O) groups is 1. The number of carbonyl (C=O) groups excluding carboxylic acids is 1. The standard InChI is InChI=1S/C20H23N5OS/c1-13(2)14-3-5-15(6-4-14)23-20(26)24-16-7-9-25(11-16)18-17-8-10-27-19(17)22-12-21-18/h3-6,8,10,12-13,16H,7,9,11H2,1-2H3,(H2,23,24,26). The van der Waals surface area contributed by atoms with Gasteiger partial charge in [0.2, 0.25) is 0 Å². The van der Waals surface area contributed by atoms with E-state index in [0.717, 1.165) is 41.2 Å². The van der Waals surface area contributed by atoms with Crippen molar-refractivity contribution in [2.45, 2.75) is 32.2 Å². The number of rotatable bonds is 4. The van der Waals surface area contributed by atoms with E-state index in [-0.39, 0.29) is 12.1 Å². The van der Waals surface area contributed by atoms with Gasteiger partial charge in [0.1, 0.15) is 17.0 Å². The summed E-state index contributed by atoms with van der Waals surface area (Å²) in [5, 5.41) is 9.11. The fourth-order valence-corrected chi connectivity index (χ4v) is 4.13. The highest BCUT2D eigenvalue weighted by atomic mass is 32.1. The van der Waals surface area contributed by atoms with Gasteiger partial charge in [-0.15, -0.1) is 11.3 Å². The smallest absolute Gasteiger partial charge is 0.319 e. The Morgan fingerprint density at radius 3 is 2.81 bits per heavy atom. The van der Waals surface area contributed by atoms with Crippen LogP contribution in [0.1, 0.15) is 31.7 Å². The first-order valence-electron chi connectivity index (χ1n) is 9.21. The Kier molecular flexibility index (Phi) is 4.94. The van der Waals surface area contributed by atoms with Crippen molar-refractivity contribution in [2.24, 2.45) is 0 Å². The van der Waals surface area contributed by atoms with E-state index in [2.05, 4.69) is 57.5 Å². The van der Waals surface area contributed by atoms with E-state index < -0.39 is 0 Å². The molecule has 6 nitrogen and oxygen atoms in total. The molecule has 7 heteroatoms. The van der Waals surface area contributed by atoms with Gasteiger partial charge >= 0.3 is 6.03 Å². The minimum Gasteiger partial charge on any atom is -0.354 e. The molecule has 2 aromatic heterocycles. The van der Waals surface area contributed by atoms with Crippen LogP contribution in [0.4, 0.5) is 16.3 Å². The average molecular weight is 382 g/mol. The molecule has 3 aromatic rings. The predicted molar refractivity (Wildman–Crippen MR) is 111 cm³/mol. The fourth-order valence-electron chi connectivity index (χ4n) is 3.40. The summed E-state index contributed by atoms with van der Waals surface area (Å²) >= 11 is 1.62. The fraction of sp³-hybridized carbons (Fsp3) is 0.350. The predicted octanol–water partition coefficient (Wildman–Crippen LogP) is 4.22. The van der Waals surface area contributed by atoms with Crippen LogP contribution < -0.4 is 15.5 Å². The van der Waals surface area contributed by atoms with Gasteiger partial charge in [-0.1, -0.05) is 26.0 Å². The quantitative estimate of drug-likeness (QED) is 0.710. The normalized spacial score (nSPS) is 16.9. The van der Waals surface area contributed by atoms with Crippen LogP contribution in [0.25, 0.3) is 10.2 Å². The zero-order valence-corrected chi connectivity index (χ0v) is 16.3. The molecule has 3 heterocycles. The molecule has 1 aromatic carbocycles. The van der Waals surface area contributed by atoms with E-state index in [1.165, 1.54) is 5.56 Å². The molecule has 0 spiro atoms. The van der Waals surface area contributed by atoms with E-state index >= 15 is 0 Å². The molecule has 1 aliphatic rings. The number of hydrogen-bond donors (Lipinski definition) is 2. The van der Waals surface area contributed by atoms with Gasteiger partial charge in [0, 0.05) is 24.8 Å². The second-order valence-electron chi connectivity index (χ2n) is 7.14. The third-order valence-corrected chi connectivity index (χ3v) is 5.72. The number of anilines is 2. The molecule has 1 saturated heterocycles. The number of nitrogens with zero attached hydrogens (tertiary/aromatic N) is 3. The molecule has 0 radical (unpaired) electrons. The summed E-state index contributed by atoms with van der Waals surface area (Å²) in [6.07, 6.45) is 2.51. The largest absolute Gasteiger partial charge is 0.354 e. The molecule has 1 aliphatic heterocycles. The summed E-state index contributed by atoms with van der Waals surface area (Å²) in [6.45, 7) is 5.93. The van der Waals surface area contributed by atoms with Crippen molar-refractivity contribution in [1.82, 2.24) is 15.3 Å². The summed E-state index contributed by atoms with van der Waals surface area (Å²) in [5.74, 6) is 1.43. The monoisotopic (exact) mass is 381 g/mol. The third-order valence-electron chi connectivity index (χ3n) is 4.90. The topological polar surface area (TPSA) is 70.2 Å². The van der Waals surface area contributed by atoms with Gasteiger partial charge in [-0.2, -0.15) is 0 Å². The van der Waals surface area contributed by atoms with Crippen molar-refractivity contribution in [1.29, 1.82) is 0 Å². The number of aromatic nitrogens is 2. The van der Waals surface area contributed by atoms with Gasteiger partial charge in [-0.25, -0.2) is 14.8 Å². The minimum absolute atomic E-state index is 0.101. The molecular weight excluding hydrogens is 358 g/mol. The highest BCUT2D eigenvalue weighted by Gasteiger charge is 2.26. The van der Waals surface area contributed by atoms with E-state index in [9.17, 15) is 4.79 Å². The van der Waals surface area contributed by atoms with Crippen molar-refractivity contribution in [3.8, 4) is 0 Å². The summed E-state index contributed by atoms with van der Waals surface area (Å²) in [6, 6.07) is 10.0. The number of urea groups is 1. The number of benzene rings is 1. The van der Waals surface area contributed by atoms with Crippen LogP contribution in [-0.4, -0.2) is 35.1 Å². The van der Waals surface area contributed by atoms with Crippen LogP contribution in [0.3, 0.4) is 0 Å². The van der Waals surface area contributed by atoms with Crippen molar-refractivity contribution < 1.29 is 4.79 Å². The minimum atomic E-state index is -0.164. The average Bonchev–Trinajstić information content (AvgIpc) is 3.31. The van der Waals surface area contributed by atoms with Gasteiger partial charge in [0.05, 0.1) is 5.39 Å². The lowest BCUT2D eigenvalue weighted by Crippen LogP contribution is -2.39. The van der Waals surface area contributed by atoms with E-state index in [1.807, 2.05) is 17.5 Å². The maximum absolute atomic E-state index is 12.3. The molecule has 1 fully saturated rings. The van der Waals surface area contributed by atoms with Crippen LogP contribution in [0.15, 0.2) is 42.0 Å². The maximum atomic E-state index is 12.3. The highest BCUT2D eigenvalue weighted by Crippen LogP contribution is 2.29. The Hall–Kier alpha value is -2.67. The molecule has 0 saturated carbocycles. The van der Waals surface area contributed by atoms with Gasteiger partial charge in [0.25, 0.3) is 0 Å². The van der Waals surface area contributed by atoms with Crippen LogP contribution in [0.5, 0.6) is 0 Å². The lowest BCUT2D eigenvalue weighted by atomic mass is 10.0. The Morgan fingerprint density at radius 1 is 1.22 bits per heavy atom. The van der Waals surface area contributed by atoms with E-state index in [0.29, 0.717) is 5.92 Å². The second-order valence-corrected chi connectivity index (χ2v) is 8.04. The lowest BCUT2D eigenvalue weighted by Gasteiger charge is -2.18. The van der Waals surface area contributed by atoms with Crippen LogP contribution in [-0.2, 0) is 0 Å². The van der Waals surface area contributed by atoms with E-state index in [4.69, 9.17) is 0 Å². The van der Waals surface area contributed by atoms with Crippen molar-refractivity contribution in [2.75, 3.05) is 23.3 Å². The third kappa shape index (κ3) is 3.88. The first-order chi connectivity index (χ1) is 13.1. The highest BCUT2D eigenvalue weighted by molar-refractivity contribution is 7.16. The zero-order valence-electron chi connectivity index (χ0n) is 15.5. The number of fused-ring (bicyclic) bond motifs is 1. The summed E-state index contributed by atoms with van der Waals surface area (Å²) in [7, 11) is 0. The van der Waals surface area contributed by atoms with Crippen LogP contribution in [0.2, 0.25) is 0 Å². The summed E-state index contributed by atoms with van der Waals surface area (Å²) < 4.78 is 0. The Morgan fingerprint density at radius 2 is 2.04 bits per heavy atom. The van der Waals surface area contributed by atoms with E-state index in [1.54, 1.807) is 17.7 Å². The van der Waals surface area contributed by atoms with Crippen LogP contribution >= 0.6 is 11.3 Å². The van der Waals surface area contributed by atoms with Gasteiger partial charge in [0.15, 0.2) is 0 Å². The molecule has 0 bridgehead atoms. The molecular formula is C20H23N5OS. The first-order valence-corrected chi connectivity index (χ1v) is 10.1. The Labute approximate surface area is 162 Å². The SMILES string of the molecule is CC(C)c1ccc(NC(=O)NC2CCN(c3ncnc4sccc34)C2)cc1. The molecule has 27 heavy (non-hydrogen) atoms. The Bertz CT molecular complexity index is 937. The maximum Gasteiger partial charge on any atom is 0.319 e. The Balaban J connectivity index is 1.35. The first kappa shape index (κ1) is 17.7. The molecule has 1 atom stereocenters. The lowest BCUT2D eigenvalue weighted by molar-refractivity contribution is 0.249. The molecule has 2 N–H and O–H groups in total. The summed E-state index contributed by atoms with van der Waals surface area (Å²) in [5.41, 5.74) is 2.07. The van der Waals surface area contributed by atoms with Crippen molar-refractivity contribution in [3.05, 3.63) is 47.6 Å². The van der Waals surface area contributed by atoms with Crippen molar-refractivity contribution >= 4 is 39.1 Å². The molecule has 1 unspecified atom stereocenters. The van der Waals surface area contributed by atoms with Crippen LogP contribution in [0, 0.1) is 0 Å². The number of hydrogen-bond acceptors (Lipinski definition) is 5. The molecule has 4 rings (SSSR count). The second kappa shape index (κ2) is 7.52. The zero-order chi connectivity index (χ0) is 18.8.